The van der Waals surface area contributed by atoms with Gasteiger partial charge in [0, 0.05) is 30.0 Å². The van der Waals surface area contributed by atoms with Crippen molar-refractivity contribution in [1.29, 1.82) is 0 Å². The van der Waals surface area contributed by atoms with Crippen LogP contribution in [-0.2, 0) is 16.6 Å². The van der Waals surface area contributed by atoms with Crippen LogP contribution in [0.5, 0.6) is 0 Å². The molecule has 7 nitrogen and oxygen atoms in total. The molecule has 0 aliphatic heterocycles. The number of sulfonamides is 1. The number of hydrogen-bond donors (Lipinski definition) is 2. The Kier molecular flexibility index (Phi) is 6.28. The molecule has 1 aromatic heterocycles. The zero-order valence-corrected chi connectivity index (χ0v) is 17.9. The van der Waals surface area contributed by atoms with E-state index in [-0.39, 0.29) is 17.3 Å². The lowest BCUT2D eigenvalue weighted by Crippen LogP contribution is -2.41. The summed E-state index contributed by atoms with van der Waals surface area (Å²) in [5, 5.41) is 2.74. The Morgan fingerprint density at radius 2 is 1.53 bits per heavy atom. The number of rotatable bonds is 6. The van der Waals surface area contributed by atoms with E-state index in [4.69, 9.17) is 0 Å². The maximum Gasteiger partial charge on any atom is 0.254 e. The summed E-state index contributed by atoms with van der Waals surface area (Å²) in [6.45, 7) is 5.37. The zero-order valence-electron chi connectivity index (χ0n) is 17.1. The highest BCUT2D eigenvalue weighted by Gasteiger charge is 2.24. The Hall–Kier alpha value is -3.10. The minimum atomic E-state index is -3.72. The number of benzene rings is 2. The Labute approximate surface area is 176 Å². The number of amides is 1. The van der Waals surface area contributed by atoms with Gasteiger partial charge in [-0.3, -0.25) is 4.79 Å². The van der Waals surface area contributed by atoms with Crippen LogP contribution in [-0.4, -0.2) is 29.8 Å². The zero-order chi connectivity index (χ0) is 21.8. The first kappa shape index (κ1) is 21.6. The predicted molar refractivity (Wildman–Crippen MR) is 115 cm³/mol. The summed E-state index contributed by atoms with van der Waals surface area (Å²) in [5.74, 6) is 0.141. The van der Waals surface area contributed by atoms with Crippen LogP contribution >= 0.6 is 0 Å². The largest absolute Gasteiger partial charge is 0.348 e. The molecule has 0 radical (unpaired) electrons. The summed E-state index contributed by atoms with van der Waals surface area (Å²) in [5.41, 5.74) is 1.02. The van der Waals surface area contributed by atoms with Gasteiger partial charge >= 0.3 is 0 Å². The number of carbonyl (C=O) groups is 1. The molecule has 0 aliphatic carbocycles. The molecule has 0 atom stereocenters. The quantitative estimate of drug-likeness (QED) is 0.633. The fraction of sp³-hybridized carbons (Fsp3) is 0.227. The van der Waals surface area contributed by atoms with Gasteiger partial charge in [-0.15, -0.1) is 0 Å². The highest BCUT2D eigenvalue weighted by molar-refractivity contribution is 7.89. The average molecular weight is 425 g/mol. The second-order valence-corrected chi connectivity index (χ2v) is 9.46. The van der Waals surface area contributed by atoms with Crippen molar-refractivity contribution in [2.45, 2.75) is 37.8 Å². The fourth-order valence-electron chi connectivity index (χ4n) is 2.83. The lowest BCUT2D eigenvalue weighted by molar-refractivity contribution is 0.0950. The molecule has 0 unspecified atom stereocenters. The second kappa shape index (κ2) is 8.73. The molecule has 0 fully saturated rings. The molecule has 0 bridgehead atoms. The van der Waals surface area contributed by atoms with Crippen molar-refractivity contribution in [1.82, 2.24) is 20.0 Å². The van der Waals surface area contributed by atoms with Crippen molar-refractivity contribution in [3.8, 4) is 11.4 Å². The molecule has 30 heavy (non-hydrogen) atoms. The first-order valence-corrected chi connectivity index (χ1v) is 10.9. The lowest BCUT2D eigenvalue weighted by Gasteiger charge is -2.21. The van der Waals surface area contributed by atoms with E-state index in [1.165, 1.54) is 18.5 Å². The van der Waals surface area contributed by atoms with Gasteiger partial charge in [0.2, 0.25) is 10.0 Å². The molecular weight excluding hydrogens is 400 g/mol. The highest BCUT2D eigenvalue weighted by Crippen LogP contribution is 2.18. The van der Waals surface area contributed by atoms with Crippen molar-refractivity contribution >= 4 is 15.9 Å². The van der Waals surface area contributed by atoms with Gasteiger partial charge in [-0.25, -0.2) is 23.1 Å². The highest BCUT2D eigenvalue weighted by atomic mass is 32.2. The third kappa shape index (κ3) is 5.49. The SMILES string of the molecule is CC(C)(C)NS(=O)(=O)c1ccccc1CNC(=O)c1cnc(-c2ccccc2)nc1. The lowest BCUT2D eigenvalue weighted by atomic mass is 10.1. The van der Waals surface area contributed by atoms with Crippen LogP contribution in [0.3, 0.4) is 0 Å². The van der Waals surface area contributed by atoms with Gasteiger partial charge in [0.1, 0.15) is 0 Å². The summed E-state index contributed by atoms with van der Waals surface area (Å²) in [6, 6.07) is 16.0. The van der Waals surface area contributed by atoms with E-state index >= 15 is 0 Å². The van der Waals surface area contributed by atoms with Gasteiger partial charge < -0.3 is 5.32 Å². The molecular formula is C22H24N4O3S. The van der Waals surface area contributed by atoms with E-state index < -0.39 is 15.6 Å². The number of aromatic nitrogens is 2. The third-order valence-electron chi connectivity index (χ3n) is 4.09. The van der Waals surface area contributed by atoms with Gasteiger partial charge in [0.25, 0.3) is 5.91 Å². The summed E-state index contributed by atoms with van der Waals surface area (Å²) in [4.78, 5) is 21.1. The van der Waals surface area contributed by atoms with Gasteiger partial charge in [-0.1, -0.05) is 48.5 Å². The molecule has 2 aromatic carbocycles. The number of nitrogens with zero attached hydrogens (tertiary/aromatic N) is 2. The monoisotopic (exact) mass is 424 g/mol. The second-order valence-electron chi connectivity index (χ2n) is 7.81. The number of nitrogens with one attached hydrogen (secondary N) is 2. The van der Waals surface area contributed by atoms with Crippen LogP contribution < -0.4 is 10.0 Å². The minimum Gasteiger partial charge on any atom is -0.348 e. The van der Waals surface area contributed by atoms with Crippen LogP contribution in [0.25, 0.3) is 11.4 Å². The van der Waals surface area contributed by atoms with Gasteiger partial charge in [-0.05, 0) is 32.4 Å². The van der Waals surface area contributed by atoms with Crippen LogP contribution in [0, 0.1) is 0 Å². The van der Waals surface area contributed by atoms with E-state index in [9.17, 15) is 13.2 Å². The van der Waals surface area contributed by atoms with Crippen molar-refractivity contribution < 1.29 is 13.2 Å². The van der Waals surface area contributed by atoms with E-state index in [0.717, 1.165) is 5.56 Å². The molecule has 8 heteroatoms. The standard InChI is InChI=1S/C22H24N4O3S/c1-22(2,3)26-30(28,29)19-12-8-7-11-17(19)13-25-21(27)18-14-23-20(24-15-18)16-9-5-4-6-10-16/h4-12,14-15,26H,13H2,1-3H3,(H,25,27). The Morgan fingerprint density at radius 1 is 0.933 bits per heavy atom. The fourth-order valence-corrected chi connectivity index (χ4v) is 4.49. The maximum atomic E-state index is 12.7. The predicted octanol–water partition coefficient (Wildman–Crippen LogP) is 3.15. The number of hydrogen-bond acceptors (Lipinski definition) is 5. The van der Waals surface area contributed by atoms with Crippen molar-refractivity contribution in [3.05, 3.63) is 78.1 Å². The molecule has 2 N–H and O–H groups in total. The van der Waals surface area contributed by atoms with E-state index in [1.807, 2.05) is 30.3 Å². The van der Waals surface area contributed by atoms with Crippen LogP contribution in [0.15, 0.2) is 71.9 Å². The maximum absolute atomic E-state index is 12.7. The summed E-state index contributed by atoms with van der Waals surface area (Å²) >= 11 is 0. The molecule has 156 valence electrons. The molecule has 0 saturated heterocycles. The Morgan fingerprint density at radius 3 is 2.17 bits per heavy atom. The first-order chi connectivity index (χ1) is 14.2. The van der Waals surface area contributed by atoms with Crippen molar-refractivity contribution in [2.24, 2.45) is 0 Å². The summed E-state index contributed by atoms with van der Waals surface area (Å²) in [7, 11) is -3.72. The molecule has 3 rings (SSSR count). The molecule has 0 spiro atoms. The third-order valence-corrected chi connectivity index (χ3v) is 5.95. The molecule has 0 aliphatic rings. The normalized spacial score (nSPS) is 11.8. The average Bonchev–Trinajstić information content (AvgIpc) is 2.71. The van der Waals surface area contributed by atoms with Gasteiger partial charge in [-0.2, -0.15) is 0 Å². The Balaban J connectivity index is 1.73. The Bertz CT molecular complexity index is 1120. The van der Waals surface area contributed by atoms with Crippen molar-refractivity contribution in [2.75, 3.05) is 0 Å². The molecule has 1 heterocycles. The summed E-state index contributed by atoms with van der Waals surface area (Å²) in [6.07, 6.45) is 2.91. The molecule has 3 aromatic rings. The van der Waals surface area contributed by atoms with E-state index in [1.54, 1.807) is 39.0 Å². The van der Waals surface area contributed by atoms with Crippen LogP contribution in [0.2, 0.25) is 0 Å². The van der Waals surface area contributed by atoms with Gasteiger partial charge in [0.05, 0.1) is 10.5 Å². The van der Waals surface area contributed by atoms with Crippen LogP contribution in [0.4, 0.5) is 0 Å². The van der Waals surface area contributed by atoms with E-state index in [2.05, 4.69) is 20.0 Å². The first-order valence-electron chi connectivity index (χ1n) is 9.43. The molecule has 1 amide bonds. The minimum absolute atomic E-state index is 0.0560. The smallest absolute Gasteiger partial charge is 0.254 e. The van der Waals surface area contributed by atoms with Crippen LogP contribution in [0.1, 0.15) is 36.7 Å². The molecule has 0 saturated carbocycles. The van der Waals surface area contributed by atoms with Crippen molar-refractivity contribution in [3.63, 3.8) is 0 Å². The number of carbonyl (C=O) groups excluding carboxylic acids is 1. The van der Waals surface area contributed by atoms with E-state index in [0.29, 0.717) is 17.0 Å². The summed E-state index contributed by atoms with van der Waals surface area (Å²) < 4.78 is 28.1. The topological polar surface area (TPSA) is 101 Å². The van der Waals surface area contributed by atoms with Gasteiger partial charge in [0.15, 0.2) is 5.82 Å².